The summed E-state index contributed by atoms with van der Waals surface area (Å²) in [5.41, 5.74) is 2.18. The molecule has 3 rings (SSSR count). The van der Waals surface area contributed by atoms with Crippen molar-refractivity contribution in [2.24, 2.45) is 0 Å². The van der Waals surface area contributed by atoms with Crippen LogP contribution in [0.15, 0.2) is 18.3 Å². The molecule has 0 radical (unpaired) electrons. The number of hydrogen-bond acceptors (Lipinski definition) is 4. The Kier molecular flexibility index (Phi) is 5.09. The van der Waals surface area contributed by atoms with E-state index in [9.17, 15) is 9.90 Å². The molecule has 1 saturated carbocycles. The molecule has 0 aromatic heterocycles. The number of hydrogen-bond donors (Lipinski definition) is 2. The summed E-state index contributed by atoms with van der Waals surface area (Å²) in [6, 6.07) is 3.81. The van der Waals surface area contributed by atoms with Gasteiger partial charge in [-0.15, -0.1) is 0 Å². The van der Waals surface area contributed by atoms with Crippen LogP contribution in [0, 0.1) is 13.8 Å². The van der Waals surface area contributed by atoms with Crippen molar-refractivity contribution in [1.29, 1.82) is 0 Å². The van der Waals surface area contributed by atoms with Crippen molar-refractivity contribution < 1.29 is 19.4 Å². The molecule has 25 heavy (non-hydrogen) atoms. The molecule has 5 nitrogen and oxygen atoms in total. The predicted molar refractivity (Wildman–Crippen MR) is 96.6 cm³/mol. The monoisotopic (exact) mass is 365 g/mol. The predicted octanol–water partition coefficient (Wildman–Crippen LogP) is 3.66. The number of nitrogens with one attached hydrogen (secondary N) is 1. The summed E-state index contributed by atoms with van der Waals surface area (Å²) < 4.78 is 11.4. The van der Waals surface area contributed by atoms with Crippen LogP contribution in [0.4, 0.5) is 0 Å². The number of ether oxygens (including phenoxy) is 2. The molecule has 1 saturated heterocycles. The van der Waals surface area contributed by atoms with E-state index in [1.165, 1.54) is 0 Å². The van der Waals surface area contributed by atoms with Gasteiger partial charge in [0, 0.05) is 17.9 Å². The highest BCUT2D eigenvalue weighted by molar-refractivity contribution is 6.30. The molecule has 2 N–H and O–H groups in total. The second-order valence-electron chi connectivity index (χ2n) is 6.93. The van der Waals surface area contributed by atoms with E-state index in [0.717, 1.165) is 16.7 Å². The third-order valence-corrected chi connectivity index (χ3v) is 5.47. The Balaban J connectivity index is 1.72. The Labute approximate surface area is 153 Å². The van der Waals surface area contributed by atoms with Crippen molar-refractivity contribution in [3.63, 3.8) is 0 Å². The van der Waals surface area contributed by atoms with Crippen molar-refractivity contribution >= 4 is 23.6 Å². The molecule has 0 atom stereocenters. The average Bonchev–Trinajstić information content (AvgIpc) is 3.00. The Bertz CT molecular complexity index is 662. The zero-order valence-electron chi connectivity index (χ0n) is 14.6. The largest absolute Gasteiger partial charge is 0.480 e. The Morgan fingerprint density at radius 3 is 2.24 bits per heavy atom. The van der Waals surface area contributed by atoms with Crippen molar-refractivity contribution in [2.45, 2.75) is 50.9 Å². The van der Waals surface area contributed by atoms with Gasteiger partial charge in [0.15, 0.2) is 5.79 Å². The van der Waals surface area contributed by atoms with E-state index in [4.69, 9.17) is 21.1 Å². The smallest absolute Gasteiger partial charge is 0.329 e. The maximum atomic E-state index is 11.9. The molecule has 1 spiro atoms. The highest BCUT2D eigenvalue weighted by atomic mass is 35.5. The molecule has 0 unspecified atom stereocenters. The second kappa shape index (κ2) is 6.98. The highest BCUT2D eigenvalue weighted by Crippen LogP contribution is 2.40. The fraction of sp³-hybridized carbons (Fsp3) is 0.526. The highest BCUT2D eigenvalue weighted by Gasteiger charge is 2.49. The molecule has 2 fully saturated rings. The van der Waals surface area contributed by atoms with Gasteiger partial charge in [-0.2, -0.15) is 0 Å². The third-order valence-electron chi connectivity index (χ3n) is 5.26. The lowest BCUT2D eigenvalue weighted by molar-refractivity contribution is -0.190. The lowest BCUT2D eigenvalue weighted by atomic mass is 9.78. The molecule has 1 aliphatic carbocycles. The summed E-state index contributed by atoms with van der Waals surface area (Å²) in [4.78, 5) is 11.9. The van der Waals surface area contributed by atoms with Gasteiger partial charge in [-0.25, -0.2) is 4.79 Å². The van der Waals surface area contributed by atoms with Crippen molar-refractivity contribution in [3.05, 3.63) is 40.0 Å². The normalized spacial score (nSPS) is 21.7. The van der Waals surface area contributed by atoms with Gasteiger partial charge < -0.3 is 19.9 Å². The van der Waals surface area contributed by atoms with Crippen molar-refractivity contribution in [1.82, 2.24) is 5.32 Å². The Morgan fingerprint density at radius 2 is 1.72 bits per heavy atom. The van der Waals surface area contributed by atoms with Crippen LogP contribution in [-0.4, -0.2) is 35.6 Å². The SMILES string of the molecule is Cc1cc(Cl)cc(C)c1C=CNC1(C(=O)O)CCC2(CC1)OCCO2. The molecule has 136 valence electrons. The van der Waals surface area contributed by atoms with Crippen LogP contribution < -0.4 is 5.32 Å². The van der Waals surface area contributed by atoms with Gasteiger partial charge in [0.1, 0.15) is 5.54 Å². The number of carbonyl (C=O) groups is 1. The van der Waals surface area contributed by atoms with E-state index in [-0.39, 0.29) is 0 Å². The van der Waals surface area contributed by atoms with Crippen molar-refractivity contribution in [3.8, 4) is 0 Å². The quantitative estimate of drug-likeness (QED) is 0.852. The standard InChI is InChI=1S/C19H24ClNO4/c1-13-11-15(20)12-14(2)16(13)3-8-21-18(17(22)23)4-6-19(7-5-18)24-9-10-25-19/h3,8,11-12,21H,4-7,9-10H2,1-2H3,(H,22,23). The lowest BCUT2D eigenvalue weighted by Gasteiger charge is -2.41. The number of aryl methyl sites for hydroxylation is 2. The average molecular weight is 366 g/mol. The topological polar surface area (TPSA) is 67.8 Å². The van der Waals surface area contributed by atoms with Gasteiger partial charge >= 0.3 is 5.97 Å². The third kappa shape index (κ3) is 3.68. The first-order chi connectivity index (χ1) is 11.9. The summed E-state index contributed by atoms with van der Waals surface area (Å²) in [6.45, 7) is 5.15. The van der Waals surface area contributed by atoms with Gasteiger partial charge in [-0.1, -0.05) is 11.6 Å². The second-order valence-corrected chi connectivity index (χ2v) is 7.36. The fourth-order valence-corrected chi connectivity index (χ4v) is 4.06. The number of aliphatic carboxylic acids is 1. The van der Waals surface area contributed by atoms with Gasteiger partial charge in [-0.3, -0.25) is 0 Å². The first kappa shape index (κ1) is 18.2. The van der Waals surface area contributed by atoms with E-state index in [2.05, 4.69) is 5.32 Å². The maximum Gasteiger partial charge on any atom is 0.329 e. The van der Waals surface area contributed by atoms with Gasteiger partial charge in [0.05, 0.1) is 13.2 Å². The minimum Gasteiger partial charge on any atom is -0.480 e. The van der Waals surface area contributed by atoms with E-state index in [0.29, 0.717) is 43.9 Å². The van der Waals surface area contributed by atoms with Crippen molar-refractivity contribution in [2.75, 3.05) is 13.2 Å². The van der Waals surface area contributed by atoms with Gasteiger partial charge in [0.2, 0.25) is 0 Å². The lowest BCUT2D eigenvalue weighted by Crippen LogP contribution is -2.55. The van der Waals surface area contributed by atoms with Crippen LogP contribution in [-0.2, 0) is 14.3 Å². The molecule has 0 bridgehead atoms. The molecule has 1 aromatic rings. The molecule has 1 aliphatic heterocycles. The maximum absolute atomic E-state index is 11.9. The minimum absolute atomic E-state index is 0.464. The van der Waals surface area contributed by atoms with Crippen LogP contribution in [0.5, 0.6) is 0 Å². The number of carboxylic acid groups (broad SMARTS) is 1. The number of carboxylic acids is 1. The van der Waals surface area contributed by atoms with Gasteiger partial charge in [0.25, 0.3) is 0 Å². The molecule has 6 heteroatoms. The number of halogens is 1. The Morgan fingerprint density at radius 1 is 1.16 bits per heavy atom. The summed E-state index contributed by atoms with van der Waals surface area (Å²) >= 11 is 6.06. The summed E-state index contributed by atoms with van der Waals surface area (Å²) in [5, 5.41) is 13.6. The molecule has 2 aliphatic rings. The van der Waals surface area contributed by atoms with E-state index in [1.54, 1.807) is 6.20 Å². The van der Waals surface area contributed by atoms with E-state index >= 15 is 0 Å². The molecule has 1 heterocycles. The summed E-state index contributed by atoms with van der Waals surface area (Å²) in [6.07, 6.45) is 5.75. The van der Waals surface area contributed by atoms with Crippen LogP contribution in [0.1, 0.15) is 42.4 Å². The molecular weight excluding hydrogens is 342 g/mol. The minimum atomic E-state index is -0.981. The van der Waals surface area contributed by atoms with Crippen LogP contribution >= 0.6 is 11.6 Å². The molecular formula is C19H24ClNO4. The van der Waals surface area contributed by atoms with Crippen LogP contribution in [0.25, 0.3) is 6.08 Å². The van der Waals surface area contributed by atoms with Crippen LogP contribution in [0.3, 0.4) is 0 Å². The molecule has 0 amide bonds. The first-order valence-corrected chi connectivity index (χ1v) is 8.96. The van der Waals surface area contributed by atoms with Crippen LogP contribution in [0.2, 0.25) is 5.02 Å². The fourth-order valence-electron chi connectivity index (χ4n) is 3.73. The number of benzene rings is 1. The first-order valence-electron chi connectivity index (χ1n) is 8.58. The Hall–Kier alpha value is -1.56. The zero-order valence-corrected chi connectivity index (χ0v) is 15.4. The van der Waals surface area contributed by atoms with E-state index < -0.39 is 17.3 Å². The number of rotatable bonds is 4. The zero-order chi connectivity index (χ0) is 18.1. The van der Waals surface area contributed by atoms with E-state index in [1.807, 2.05) is 32.1 Å². The summed E-state index contributed by atoms with van der Waals surface area (Å²) in [5.74, 6) is -1.41. The summed E-state index contributed by atoms with van der Waals surface area (Å²) in [7, 11) is 0. The van der Waals surface area contributed by atoms with Gasteiger partial charge in [-0.05, 0) is 67.8 Å². The molecule has 1 aromatic carbocycles.